The van der Waals surface area contributed by atoms with Crippen molar-refractivity contribution in [3.05, 3.63) is 71.4 Å². The minimum atomic E-state index is -0.171. The number of benzene rings is 1. The summed E-state index contributed by atoms with van der Waals surface area (Å²) in [5, 5.41) is 15.4. The Morgan fingerprint density at radius 3 is 2.64 bits per heavy atom. The summed E-state index contributed by atoms with van der Waals surface area (Å²) >= 11 is 0. The van der Waals surface area contributed by atoms with Gasteiger partial charge in [0.2, 0.25) is 0 Å². The molecule has 0 fully saturated rings. The van der Waals surface area contributed by atoms with Crippen molar-refractivity contribution in [3.63, 3.8) is 0 Å². The molecule has 0 radical (unpaired) electrons. The maximum absolute atomic E-state index is 12.6. The largest absolute Gasteiger partial charge is 0.348 e. The van der Waals surface area contributed by atoms with E-state index >= 15 is 0 Å². The second-order valence-electron chi connectivity index (χ2n) is 10.9. The Balaban J connectivity index is 0.00000353. The number of nitrogens with zero attached hydrogens (tertiary/aromatic N) is 7. The molecule has 10 nitrogen and oxygen atoms in total. The van der Waals surface area contributed by atoms with Crippen molar-refractivity contribution in [1.82, 2.24) is 39.7 Å². The van der Waals surface area contributed by atoms with Gasteiger partial charge in [0, 0.05) is 50.1 Å². The fourth-order valence-electron chi connectivity index (χ4n) is 4.54. The molecule has 3 aromatic heterocycles. The van der Waals surface area contributed by atoms with E-state index in [4.69, 9.17) is 5.10 Å². The average Bonchev–Trinajstić information content (AvgIpc) is 3.47. The molecule has 206 valence electrons. The van der Waals surface area contributed by atoms with E-state index in [9.17, 15) is 4.79 Å². The van der Waals surface area contributed by atoms with Gasteiger partial charge >= 0.3 is 0 Å². The second kappa shape index (κ2) is 11.5. The minimum Gasteiger partial charge on any atom is -0.348 e. The van der Waals surface area contributed by atoms with Crippen LogP contribution in [0.5, 0.6) is 0 Å². The summed E-state index contributed by atoms with van der Waals surface area (Å²) in [6, 6.07) is 10.2. The van der Waals surface area contributed by atoms with Crippen LogP contribution in [0.25, 0.3) is 11.3 Å². The molecule has 0 unspecified atom stereocenters. The number of hydrogen-bond donors (Lipinski definition) is 2. The van der Waals surface area contributed by atoms with Crippen molar-refractivity contribution >= 4 is 29.9 Å². The van der Waals surface area contributed by atoms with Crippen molar-refractivity contribution < 1.29 is 4.79 Å². The molecule has 1 amide bonds. The molecule has 11 heteroatoms. The van der Waals surface area contributed by atoms with Crippen LogP contribution in [0, 0.1) is 6.92 Å². The normalized spacial score (nSPS) is 13.8. The van der Waals surface area contributed by atoms with Gasteiger partial charge in [0.1, 0.15) is 12.1 Å². The lowest BCUT2D eigenvalue weighted by atomic mass is 10.0. The summed E-state index contributed by atoms with van der Waals surface area (Å²) in [5.41, 5.74) is 5.49. The quantitative estimate of drug-likeness (QED) is 0.364. The Hall–Kier alpha value is -3.76. The molecule has 4 heterocycles. The molecule has 0 atom stereocenters. The SMILES string of the molecule is Cc1cc(-c2cc(Nc3cc4n(n3)CCCN(C)C4)ncn2)ccc1CNC(=O)c1cnn(C(C)(C)C)c1.Cl. The number of nitrogens with one attached hydrogen (secondary N) is 2. The summed E-state index contributed by atoms with van der Waals surface area (Å²) in [5.74, 6) is 1.34. The van der Waals surface area contributed by atoms with Crippen LogP contribution in [0.2, 0.25) is 0 Å². The predicted molar refractivity (Wildman–Crippen MR) is 154 cm³/mol. The lowest BCUT2D eigenvalue weighted by molar-refractivity contribution is 0.0950. The van der Waals surface area contributed by atoms with Gasteiger partial charge in [0.05, 0.1) is 28.7 Å². The molecular weight excluding hydrogens is 514 g/mol. The molecule has 0 saturated carbocycles. The smallest absolute Gasteiger partial charge is 0.254 e. The van der Waals surface area contributed by atoms with Crippen molar-refractivity contribution in [2.45, 2.75) is 59.3 Å². The Morgan fingerprint density at radius 2 is 1.90 bits per heavy atom. The van der Waals surface area contributed by atoms with E-state index < -0.39 is 0 Å². The number of halogens is 1. The maximum Gasteiger partial charge on any atom is 0.254 e. The monoisotopic (exact) mass is 549 g/mol. The first-order valence-electron chi connectivity index (χ1n) is 12.9. The van der Waals surface area contributed by atoms with Crippen LogP contribution in [-0.2, 0) is 25.2 Å². The molecule has 0 saturated heterocycles. The van der Waals surface area contributed by atoms with Crippen LogP contribution in [0.4, 0.5) is 11.6 Å². The first-order valence-corrected chi connectivity index (χ1v) is 12.9. The predicted octanol–water partition coefficient (Wildman–Crippen LogP) is 4.53. The standard InChI is InChI=1S/C28H35N9O.ClH/c1-19-11-20(7-8-21(19)14-29-27(38)22-15-32-37(16-22)28(2,3)4)24-13-25(31-18-30-24)33-26-12-23-17-35(5)9-6-10-36(23)34-26;/h7-8,11-13,15-16,18H,6,9-10,14,17H2,1-5H3,(H,29,38)(H,30,31,33,34);1H. The van der Waals surface area contributed by atoms with Crippen LogP contribution in [0.15, 0.2) is 49.1 Å². The van der Waals surface area contributed by atoms with E-state index in [1.807, 2.05) is 45.9 Å². The van der Waals surface area contributed by atoms with E-state index in [1.54, 1.807) is 23.4 Å². The molecule has 1 aliphatic heterocycles. The third-order valence-corrected chi connectivity index (χ3v) is 6.74. The highest BCUT2D eigenvalue weighted by molar-refractivity contribution is 5.93. The molecule has 0 bridgehead atoms. The van der Waals surface area contributed by atoms with Gasteiger partial charge in [-0.25, -0.2) is 9.97 Å². The van der Waals surface area contributed by atoms with Gasteiger partial charge in [-0.15, -0.1) is 12.4 Å². The number of hydrogen-bond acceptors (Lipinski definition) is 7. The molecule has 5 rings (SSSR count). The summed E-state index contributed by atoms with van der Waals surface area (Å²) in [6.07, 6.45) is 6.04. The van der Waals surface area contributed by atoms with Gasteiger partial charge in [-0.2, -0.15) is 10.2 Å². The second-order valence-corrected chi connectivity index (χ2v) is 10.9. The van der Waals surface area contributed by atoms with Gasteiger partial charge in [-0.3, -0.25) is 14.2 Å². The van der Waals surface area contributed by atoms with E-state index in [-0.39, 0.29) is 23.9 Å². The van der Waals surface area contributed by atoms with Gasteiger partial charge in [-0.1, -0.05) is 12.1 Å². The van der Waals surface area contributed by atoms with Gasteiger partial charge in [-0.05, 0) is 58.4 Å². The zero-order valence-electron chi connectivity index (χ0n) is 23.1. The molecule has 1 aliphatic rings. The highest BCUT2D eigenvalue weighted by atomic mass is 35.5. The zero-order valence-corrected chi connectivity index (χ0v) is 23.9. The lowest BCUT2D eigenvalue weighted by Gasteiger charge is -2.18. The minimum absolute atomic E-state index is 0. The number of amides is 1. The molecule has 39 heavy (non-hydrogen) atoms. The summed E-state index contributed by atoms with van der Waals surface area (Å²) in [6.45, 7) is 11.5. The summed E-state index contributed by atoms with van der Waals surface area (Å²) in [7, 11) is 2.14. The molecule has 0 spiro atoms. The molecule has 2 N–H and O–H groups in total. The average molecular weight is 550 g/mol. The fraction of sp³-hybridized carbons (Fsp3) is 0.393. The zero-order chi connectivity index (χ0) is 26.9. The third kappa shape index (κ3) is 6.63. The molecule has 1 aromatic carbocycles. The number of fused-ring (bicyclic) bond motifs is 1. The Morgan fingerprint density at radius 1 is 1.08 bits per heavy atom. The number of carbonyl (C=O) groups excluding carboxylic acids is 1. The van der Waals surface area contributed by atoms with Gasteiger partial charge in [0.15, 0.2) is 5.82 Å². The van der Waals surface area contributed by atoms with E-state index in [2.05, 4.69) is 54.5 Å². The van der Waals surface area contributed by atoms with Crippen LogP contribution in [0.3, 0.4) is 0 Å². The first-order chi connectivity index (χ1) is 18.2. The van der Waals surface area contributed by atoms with Gasteiger partial charge < -0.3 is 15.5 Å². The van der Waals surface area contributed by atoms with Crippen molar-refractivity contribution in [3.8, 4) is 11.3 Å². The molecule has 4 aromatic rings. The summed E-state index contributed by atoms with van der Waals surface area (Å²) in [4.78, 5) is 23.8. The van der Waals surface area contributed by atoms with E-state index in [0.29, 0.717) is 17.9 Å². The first kappa shape index (κ1) is 28.3. The molecule has 0 aliphatic carbocycles. The van der Waals surface area contributed by atoms with Crippen LogP contribution < -0.4 is 10.6 Å². The van der Waals surface area contributed by atoms with Crippen molar-refractivity contribution in [2.24, 2.45) is 0 Å². The Kier molecular flexibility index (Phi) is 8.36. The highest BCUT2D eigenvalue weighted by Crippen LogP contribution is 2.24. The number of anilines is 2. The number of carbonyl (C=O) groups is 1. The van der Waals surface area contributed by atoms with Crippen LogP contribution in [0.1, 0.15) is 54.4 Å². The third-order valence-electron chi connectivity index (χ3n) is 6.74. The Bertz CT molecular complexity index is 1450. The topological polar surface area (TPSA) is 106 Å². The Labute approximate surface area is 235 Å². The van der Waals surface area contributed by atoms with Crippen molar-refractivity contribution in [2.75, 3.05) is 18.9 Å². The van der Waals surface area contributed by atoms with E-state index in [1.165, 1.54) is 5.69 Å². The number of rotatable bonds is 6. The lowest BCUT2D eigenvalue weighted by Crippen LogP contribution is -2.24. The maximum atomic E-state index is 12.6. The van der Waals surface area contributed by atoms with Crippen molar-refractivity contribution in [1.29, 1.82) is 0 Å². The highest BCUT2D eigenvalue weighted by Gasteiger charge is 2.17. The molecular formula is C28H36ClN9O. The van der Waals surface area contributed by atoms with Crippen LogP contribution >= 0.6 is 12.4 Å². The summed E-state index contributed by atoms with van der Waals surface area (Å²) < 4.78 is 3.87. The van der Waals surface area contributed by atoms with Crippen LogP contribution in [-0.4, -0.2) is 53.9 Å². The number of aromatic nitrogens is 6. The fourth-order valence-corrected chi connectivity index (χ4v) is 4.54. The van der Waals surface area contributed by atoms with Gasteiger partial charge in [0.25, 0.3) is 5.91 Å². The number of aryl methyl sites for hydroxylation is 2. The van der Waals surface area contributed by atoms with E-state index in [0.717, 1.165) is 54.3 Å².